The van der Waals surface area contributed by atoms with Crippen molar-refractivity contribution in [2.75, 3.05) is 0 Å². The van der Waals surface area contributed by atoms with Crippen LogP contribution in [0.4, 0.5) is 0 Å². The Morgan fingerprint density at radius 1 is 0.465 bits per heavy atom. The molecule has 0 aliphatic carbocycles. The molecule has 200 valence electrons. The molecule has 10 aromatic rings. The van der Waals surface area contributed by atoms with Crippen LogP contribution in [-0.4, -0.2) is 9.55 Å². The highest BCUT2D eigenvalue weighted by Crippen LogP contribution is 2.42. The summed E-state index contributed by atoms with van der Waals surface area (Å²) in [7, 11) is 0. The molecular weight excluding hydrogens is 528 g/mol. The van der Waals surface area contributed by atoms with Crippen LogP contribution in [-0.2, 0) is 0 Å². The zero-order valence-electron chi connectivity index (χ0n) is 22.9. The van der Waals surface area contributed by atoms with Crippen molar-refractivity contribution in [1.29, 1.82) is 0 Å². The Kier molecular flexibility index (Phi) is 4.42. The average molecular weight is 551 g/mol. The van der Waals surface area contributed by atoms with E-state index in [1.165, 1.54) is 32.6 Å². The first-order valence-electron chi connectivity index (χ1n) is 14.5. The third-order valence-electron chi connectivity index (χ3n) is 8.78. The molecule has 3 aromatic heterocycles. The molecule has 0 fully saturated rings. The summed E-state index contributed by atoms with van der Waals surface area (Å²) in [5.41, 5.74) is 7.71. The largest absolute Gasteiger partial charge is 0.455 e. The molecule has 0 radical (unpaired) electrons. The van der Waals surface area contributed by atoms with Crippen LogP contribution in [0.2, 0.25) is 0 Å². The van der Waals surface area contributed by atoms with Crippen LogP contribution in [0.3, 0.4) is 0 Å². The number of rotatable bonds is 2. The molecule has 0 unspecified atom stereocenters. The molecule has 0 aliphatic heterocycles. The van der Waals surface area contributed by atoms with Crippen LogP contribution >= 0.6 is 0 Å². The SMILES string of the molecule is c1ccc2cc3c(cc2c1)c1ccccc1n3-c1cc2c3ccc(-c4nc5ccccc5o4)cc3oc2c2ccccc12. The minimum absolute atomic E-state index is 0.589. The standard InChI is InChI=1S/C39H22N2O2/c1-2-10-24-20-34-30(19-23(24)9-1)27-12-5-7-15-33(27)41(34)35-22-31-28-18-17-25(39-40-32-14-6-8-16-36(32)43-39)21-37(28)42-38(31)29-13-4-3-11-26(29)35/h1-22H. The lowest BCUT2D eigenvalue weighted by Crippen LogP contribution is -1.95. The fraction of sp³-hybridized carbons (Fsp3) is 0. The number of aromatic nitrogens is 2. The quantitative estimate of drug-likeness (QED) is 0.215. The Bertz CT molecular complexity index is 2710. The fourth-order valence-electron chi connectivity index (χ4n) is 6.81. The van der Waals surface area contributed by atoms with Crippen LogP contribution in [0.25, 0.3) is 93.5 Å². The highest BCUT2D eigenvalue weighted by atomic mass is 16.3. The van der Waals surface area contributed by atoms with Crippen LogP contribution in [0.5, 0.6) is 0 Å². The summed E-state index contributed by atoms with van der Waals surface area (Å²) in [5, 5.41) is 9.34. The molecule has 0 spiro atoms. The summed E-state index contributed by atoms with van der Waals surface area (Å²) in [6, 6.07) is 46.9. The van der Waals surface area contributed by atoms with Gasteiger partial charge in [-0.25, -0.2) is 4.98 Å². The molecule has 0 atom stereocenters. The Morgan fingerprint density at radius 2 is 1.21 bits per heavy atom. The third kappa shape index (κ3) is 3.18. The smallest absolute Gasteiger partial charge is 0.227 e. The maximum Gasteiger partial charge on any atom is 0.227 e. The van der Waals surface area contributed by atoms with Gasteiger partial charge >= 0.3 is 0 Å². The van der Waals surface area contributed by atoms with E-state index < -0.39 is 0 Å². The molecule has 10 rings (SSSR count). The zero-order chi connectivity index (χ0) is 28.1. The van der Waals surface area contributed by atoms with Gasteiger partial charge in [0, 0.05) is 37.9 Å². The van der Waals surface area contributed by atoms with Gasteiger partial charge in [-0.15, -0.1) is 0 Å². The summed E-state index contributed by atoms with van der Waals surface area (Å²) < 4.78 is 15.1. The van der Waals surface area contributed by atoms with Gasteiger partial charge in [0.05, 0.1) is 16.7 Å². The maximum absolute atomic E-state index is 6.63. The van der Waals surface area contributed by atoms with E-state index in [0.29, 0.717) is 5.89 Å². The molecule has 0 bridgehead atoms. The van der Waals surface area contributed by atoms with Crippen molar-refractivity contribution in [2.24, 2.45) is 0 Å². The van der Waals surface area contributed by atoms with Gasteiger partial charge in [0.2, 0.25) is 5.89 Å². The van der Waals surface area contributed by atoms with E-state index in [2.05, 4.69) is 108 Å². The van der Waals surface area contributed by atoms with Crippen LogP contribution in [0, 0.1) is 0 Å². The molecule has 0 saturated carbocycles. The number of fused-ring (bicyclic) bond motifs is 10. The van der Waals surface area contributed by atoms with Gasteiger partial charge in [-0.1, -0.05) is 78.9 Å². The lowest BCUT2D eigenvalue weighted by molar-refractivity contribution is 0.619. The first kappa shape index (κ1) is 22.8. The Balaban J connectivity index is 1.29. The summed E-state index contributed by atoms with van der Waals surface area (Å²) in [4.78, 5) is 4.71. The second kappa shape index (κ2) is 8.34. The minimum atomic E-state index is 0.589. The van der Waals surface area contributed by atoms with E-state index in [1.54, 1.807) is 0 Å². The first-order chi connectivity index (χ1) is 21.3. The topological polar surface area (TPSA) is 44.1 Å². The van der Waals surface area contributed by atoms with Crippen molar-refractivity contribution in [3.8, 4) is 17.1 Å². The lowest BCUT2D eigenvalue weighted by Gasteiger charge is -2.13. The first-order valence-corrected chi connectivity index (χ1v) is 14.5. The monoisotopic (exact) mass is 550 g/mol. The zero-order valence-corrected chi connectivity index (χ0v) is 22.9. The van der Waals surface area contributed by atoms with Gasteiger partial charge in [0.1, 0.15) is 16.7 Å². The summed E-state index contributed by atoms with van der Waals surface area (Å²) in [6.07, 6.45) is 0. The van der Waals surface area contributed by atoms with Gasteiger partial charge in [0.25, 0.3) is 0 Å². The summed E-state index contributed by atoms with van der Waals surface area (Å²) in [5.74, 6) is 0.589. The normalized spacial score (nSPS) is 12.2. The van der Waals surface area contributed by atoms with Crippen molar-refractivity contribution < 1.29 is 8.83 Å². The van der Waals surface area contributed by atoms with E-state index in [1.807, 2.05) is 30.3 Å². The second-order valence-corrected chi connectivity index (χ2v) is 11.2. The summed E-state index contributed by atoms with van der Waals surface area (Å²) in [6.45, 7) is 0. The molecule has 3 heterocycles. The highest BCUT2D eigenvalue weighted by molar-refractivity contribution is 6.20. The Morgan fingerprint density at radius 3 is 2.09 bits per heavy atom. The van der Waals surface area contributed by atoms with E-state index in [0.717, 1.165) is 55.1 Å². The molecule has 0 N–H and O–H groups in total. The predicted octanol–water partition coefficient (Wildman–Crippen LogP) is 10.8. The molecule has 7 aromatic carbocycles. The summed E-state index contributed by atoms with van der Waals surface area (Å²) >= 11 is 0. The van der Waals surface area contributed by atoms with Crippen molar-refractivity contribution >= 4 is 76.4 Å². The Hall–Kier alpha value is -5.87. The molecule has 0 amide bonds. The second-order valence-electron chi connectivity index (χ2n) is 11.2. The van der Waals surface area contributed by atoms with Crippen LogP contribution in [0.1, 0.15) is 0 Å². The van der Waals surface area contributed by atoms with Gasteiger partial charge in [-0.05, 0) is 65.4 Å². The van der Waals surface area contributed by atoms with Gasteiger partial charge < -0.3 is 13.4 Å². The number of nitrogens with zero attached hydrogens (tertiary/aromatic N) is 2. The predicted molar refractivity (Wildman–Crippen MR) is 176 cm³/mol. The number of hydrogen-bond acceptors (Lipinski definition) is 3. The van der Waals surface area contributed by atoms with Crippen molar-refractivity contribution in [3.63, 3.8) is 0 Å². The van der Waals surface area contributed by atoms with Gasteiger partial charge in [-0.2, -0.15) is 0 Å². The third-order valence-corrected chi connectivity index (χ3v) is 8.78. The number of hydrogen-bond donors (Lipinski definition) is 0. The molecule has 4 heteroatoms. The number of furan rings is 1. The fourth-order valence-corrected chi connectivity index (χ4v) is 6.81. The van der Waals surface area contributed by atoms with Crippen LogP contribution in [0.15, 0.2) is 142 Å². The van der Waals surface area contributed by atoms with Gasteiger partial charge in [-0.3, -0.25) is 0 Å². The highest BCUT2D eigenvalue weighted by Gasteiger charge is 2.20. The van der Waals surface area contributed by atoms with Crippen LogP contribution < -0.4 is 0 Å². The molecule has 4 nitrogen and oxygen atoms in total. The van der Waals surface area contributed by atoms with Crippen molar-refractivity contribution in [3.05, 3.63) is 133 Å². The van der Waals surface area contributed by atoms with Crippen molar-refractivity contribution in [1.82, 2.24) is 9.55 Å². The number of benzene rings is 7. The lowest BCUT2D eigenvalue weighted by atomic mass is 10.0. The maximum atomic E-state index is 6.63. The molecule has 0 saturated heterocycles. The molecule has 43 heavy (non-hydrogen) atoms. The molecule has 0 aliphatic rings. The average Bonchev–Trinajstić information content (AvgIpc) is 3.75. The molecular formula is C39H22N2O2. The van der Waals surface area contributed by atoms with Gasteiger partial charge in [0.15, 0.2) is 5.58 Å². The minimum Gasteiger partial charge on any atom is -0.455 e. The number of oxazole rings is 1. The van der Waals surface area contributed by atoms with E-state index in [-0.39, 0.29) is 0 Å². The van der Waals surface area contributed by atoms with E-state index in [9.17, 15) is 0 Å². The van der Waals surface area contributed by atoms with E-state index in [4.69, 9.17) is 13.8 Å². The Labute approximate surface area is 245 Å². The van der Waals surface area contributed by atoms with Crippen molar-refractivity contribution in [2.45, 2.75) is 0 Å². The number of para-hydroxylation sites is 3. The van der Waals surface area contributed by atoms with E-state index >= 15 is 0 Å².